The van der Waals surface area contributed by atoms with Crippen molar-refractivity contribution in [2.75, 3.05) is 20.3 Å². The van der Waals surface area contributed by atoms with E-state index in [9.17, 15) is 4.79 Å². The van der Waals surface area contributed by atoms with Crippen LogP contribution in [-0.4, -0.2) is 29.7 Å². The van der Waals surface area contributed by atoms with E-state index in [0.29, 0.717) is 39.2 Å². The summed E-state index contributed by atoms with van der Waals surface area (Å²) in [6, 6.07) is 18.9. The van der Waals surface area contributed by atoms with Gasteiger partial charge < -0.3 is 14.2 Å². The summed E-state index contributed by atoms with van der Waals surface area (Å²) in [5, 5.41) is 0.390. The van der Waals surface area contributed by atoms with E-state index in [0.717, 1.165) is 27.9 Å². The van der Waals surface area contributed by atoms with Gasteiger partial charge in [-0.15, -0.1) is 0 Å². The predicted molar refractivity (Wildman–Crippen MR) is 136 cm³/mol. The van der Waals surface area contributed by atoms with Gasteiger partial charge >= 0.3 is 0 Å². The van der Waals surface area contributed by atoms with Crippen LogP contribution in [0.25, 0.3) is 22.1 Å². The summed E-state index contributed by atoms with van der Waals surface area (Å²) in [6.45, 7) is 2.65. The van der Waals surface area contributed by atoms with E-state index in [1.807, 2.05) is 55.5 Å². The molecule has 34 heavy (non-hydrogen) atoms. The highest BCUT2D eigenvalue weighted by Gasteiger charge is 2.14. The lowest BCUT2D eigenvalue weighted by Gasteiger charge is -2.14. The van der Waals surface area contributed by atoms with Crippen LogP contribution in [-0.2, 0) is 0 Å². The molecule has 0 spiro atoms. The van der Waals surface area contributed by atoms with Crippen molar-refractivity contribution in [1.82, 2.24) is 9.38 Å². The number of hydrogen-bond donors (Lipinski definition) is 0. The Bertz CT molecular complexity index is 1610. The molecule has 0 aliphatic rings. The normalized spacial score (nSPS) is 11.9. The minimum Gasteiger partial charge on any atom is -0.493 e. The van der Waals surface area contributed by atoms with E-state index in [-0.39, 0.29) is 5.56 Å². The lowest BCUT2D eigenvalue weighted by atomic mass is 10.2. The van der Waals surface area contributed by atoms with Crippen molar-refractivity contribution in [2.24, 2.45) is 0 Å². The number of rotatable bonds is 7. The number of ether oxygens (including phenoxy) is 3. The summed E-state index contributed by atoms with van der Waals surface area (Å²) in [5.41, 5.74) is 3.28. The second-order valence-electron chi connectivity index (χ2n) is 7.63. The van der Waals surface area contributed by atoms with Crippen LogP contribution in [0, 0.1) is 6.92 Å². The number of halogens is 1. The number of para-hydroxylation sites is 3. The molecule has 5 rings (SSSR count). The molecule has 0 aliphatic heterocycles. The number of aromatic nitrogens is 2. The quantitative estimate of drug-likeness (QED) is 0.303. The maximum absolute atomic E-state index is 13.0. The van der Waals surface area contributed by atoms with Crippen molar-refractivity contribution in [2.45, 2.75) is 6.92 Å². The molecule has 2 heterocycles. The highest BCUT2D eigenvalue weighted by atomic mass is 35.5. The molecular formula is C26H21ClN2O4S. The Morgan fingerprint density at radius 2 is 1.79 bits per heavy atom. The zero-order valence-electron chi connectivity index (χ0n) is 18.6. The third kappa shape index (κ3) is 4.20. The van der Waals surface area contributed by atoms with Gasteiger partial charge in [0.25, 0.3) is 5.56 Å². The van der Waals surface area contributed by atoms with Crippen molar-refractivity contribution in [1.29, 1.82) is 0 Å². The molecule has 0 saturated carbocycles. The summed E-state index contributed by atoms with van der Waals surface area (Å²) in [7, 11) is 1.55. The number of nitrogens with zero attached hydrogens (tertiary/aromatic N) is 2. The highest BCUT2D eigenvalue weighted by molar-refractivity contribution is 7.15. The molecule has 0 atom stereocenters. The van der Waals surface area contributed by atoms with Crippen LogP contribution >= 0.6 is 22.9 Å². The molecule has 3 aromatic carbocycles. The smallest absolute Gasteiger partial charge is 0.274 e. The average Bonchev–Trinajstić information content (AvgIpc) is 3.34. The van der Waals surface area contributed by atoms with Crippen LogP contribution in [0.2, 0.25) is 5.02 Å². The Hall–Kier alpha value is -3.55. The van der Waals surface area contributed by atoms with Gasteiger partial charge in [-0.2, -0.15) is 0 Å². The molecule has 172 valence electrons. The predicted octanol–water partition coefficient (Wildman–Crippen LogP) is 4.89. The van der Waals surface area contributed by atoms with Crippen molar-refractivity contribution >= 4 is 45.0 Å². The minimum absolute atomic E-state index is 0.113. The van der Waals surface area contributed by atoms with Crippen LogP contribution in [0.3, 0.4) is 0 Å². The summed E-state index contributed by atoms with van der Waals surface area (Å²) >= 11 is 7.85. The monoisotopic (exact) mass is 492 g/mol. The van der Waals surface area contributed by atoms with Crippen molar-refractivity contribution < 1.29 is 14.2 Å². The molecule has 0 radical (unpaired) electrons. The van der Waals surface area contributed by atoms with Gasteiger partial charge in [-0.1, -0.05) is 53.3 Å². The third-order valence-corrected chi connectivity index (χ3v) is 6.63. The first-order valence-corrected chi connectivity index (χ1v) is 11.8. The zero-order valence-corrected chi connectivity index (χ0v) is 20.2. The maximum atomic E-state index is 13.0. The van der Waals surface area contributed by atoms with Gasteiger partial charge in [-0.25, -0.2) is 9.38 Å². The topological polar surface area (TPSA) is 62.1 Å². The fourth-order valence-electron chi connectivity index (χ4n) is 3.74. The van der Waals surface area contributed by atoms with E-state index in [4.69, 9.17) is 25.8 Å². The van der Waals surface area contributed by atoms with E-state index in [1.54, 1.807) is 29.7 Å². The Morgan fingerprint density at radius 1 is 1.03 bits per heavy atom. The number of aryl methyl sites for hydroxylation is 1. The number of methoxy groups -OCH3 is 1. The average molecular weight is 493 g/mol. The molecule has 8 heteroatoms. The van der Waals surface area contributed by atoms with E-state index < -0.39 is 0 Å². The summed E-state index contributed by atoms with van der Waals surface area (Å²) < 4.78 is 19.4. The minimum atomic E-state index is -0.113. The largest absolute Gasteiger partial charge is 0.493 e. The van der Waals surface area contributed by atoms with Crippen LogP contribution in [0.5, 0.6) is 17.2 Å². The molecule has 0 unspecified atom stereocenters. The second kappa shape index (κ2) is 9.37. The highest BCUT2D eigenvalue weighted by Crippen LogP contribution is 2.36. The fourth-order valence-corrected chi connectivity index (χ4v) is 5.00. The molecule has 0 aliphatic carbocycles. The second-order valence-corrected chi connectivity index (χ2v) is 9.05. The van der Waals surface area contributed by atoms with Crippen LogP contribution in [0.4, 0.5) is 0 Å². The number of imidazole rings is 1. The summed E-state index contributed by atoms with van der Waals surface area (Å²) in [4.78, 5) is 18.2. The summed E-state index contributed by atoms with van der Waals surface area (Å²) in [5.74, 6) is 1.73. The van der Waals surface area contributed by atoms with E-state index in [1.165, 1.54) is 11.3 Å². The lowest BCUT2D eigenvalue weighted by molar-refractivity contribution is 0.210. The van der Waals surface area contributed by atoms with Gasteiger partial charge in [0.2, 0.25) is 0 Å². The van der Waals surface area contributed by atoms with Gasteiger partial charge in [-0.3, -0.25) is 4.79 Å². The molecule has 0 fully saturated rings. The Morgan fingerprint density at radius 3 is 2.62 bits per heavy atom. The van der Waals surface area contributed by atoms with Crippen molar-refractivity contribution in [3.05, 3.63) is 91.7 Å². The van der Waals surface area contributed by atoms with Crippen LogP contribution < -0.4 is 24.3 Å². The Labute approximate surface area is 204 Å². The number of hydrogen-bond acceptors (Lipinski definition) is 6. The fraction of sp³-hybridized carbons (Fsp3) is 0.154. The molecule has 0 saturated heterocycles. The van der Waals surface area contributed by atoms with Gasteiger partial charge in [0.15, 0.2) is 16.5 Å². The van der Waals surface area contributed by atoms with Gasteiger partial charge in [0, 0.05) is 0 Å². The first-order valence-electron chi connectivity index (χ1n) is 10.7. The Kier molecular flexibility index (Phi) is 6.13. The van der Waals surface area contributed by atoms with Gasteiger partial charge in [-0.05, 0) is 54.5 Å². The van der Waals surface area contributed by atoms with Crippen LogP contribution in [0.1, 0.15) is 11.1 Å². The van der Waals surface area contributed by atoms with Gasteiger partial charge in [0.05, 0.1) is 27.7 Å². The first kappa shape index (κ1) is 22.3. The number of fused-ring (bicyclic) bond motifs is 3. The number of benzene rings is 3. The standard InChI is InChI=1S/C26H21ClN2O4S/c1-16-7-3-6-10-21(16)32-11-12-33-24-18(27)13-17(14-22(24)31-2)15-23-25(30)29-20-9-5-4-8-19(20)28-26(29)34-23/h3-10,13-15H,11-12H2,1-2H3. The molecule has 0 N–H and O–H groups in total. The van der Waals surface area contributed by atoms with Crippen LogP contribution in [0.15, 0.2) is 65.5 Å². The molecular weight excluding hydrogens is 472 g/mol. The van der Waals surface area contributed by atoms with Crippen molar-refractivity contribution in [3.8, 4) is 17.2 Å². The van der Waals surface area contributed by atoms with Gasteiger partial charge in [0.1, 0.15) is 19.0 Å². The first-order chi connectivity index (χ1) is 16.5. The third-order valence-electron chi connectivity index (χ3n) is 5.38. The lowest BCUT2D eigenvalue weighted by Crippen LogP contribution is -2.22. The molecule has 2 aromatic heterocycles. The maximum Gasteiger partial charge on any atom is 0.274 e. The van der Waals surface area contributed by atoms with Crippen molar-refractivity contribution in [3.63, 3.8) is 0 Å². The SMILES string of the molecule is COc1cc(C=c2sc3nc4ccccc4n3c2=O)cc(Cl)c1OCCOc1ccccc1C. The Balaban J connectivity index is 1.39. The van der Waals surface area contributed by atoms with E-state index >= 15 is 0 Å². The molecule has 5 aromatic rings. The van der Waals surface area contributed by atoms with E-state index in [2.05, 4.69) is 4.98 Å². The molecule has 0 bridgehead atoms. The number of thiazole rings is 1. The summed E-state index contributed by atoms with van der Waals surface area (Å²) in [6.07, 6.45) is 1.79. The molecule has 0 amide bonds. The zero-order chi connectivity index (χ0) is 23.7. The molecule has 6 nitrogen and oxygen atoms in total.